The average molecular weight is 420 g/mol. The van der Waals surface area contributed by atoms with E-state index in [1.54, 1.807) is 0 Å². The zero-order valence-corrected chi connectivity index (χ0v) is 18.8. The van der Waals surface area contributed by atoms with Crippen molar-refractivity contribution in [2.24, 2.45) is 5.92 Å². The SMILES string of the molecule is CC1C=c2c(B(c3ccccc3)c3ccccc3)c3ccccc3c(-c3ccccc3)c2=C1. The predicted octanol–water partition coefficient (Wildman–Crippen LogP) is 4.23. The number of fused-ring (bicyclic) bond motifs is 2. The Bertz CT molecular complexity index is 1510. The summed E-state index contributed by atoms with van der Waals surface area (Å²) in [6.07, 6.45) is 4.91. The van der Waals surface area contributed by atoms with Crippen LogP contribution in [-0.4, -0.2) is 6.71 Å². The van der Waals surface area contributed by atoms with Crippen molar-refractivity contribution in [2.45, 2.75) is 6.92 Å². The molecule has 0 spiro atoms. The third-order valence-electron chi connectivity index (χ3n) is 6.81. The molecule has 1 atom stereocenters. The van der Waals surface area contributed by atoms with Crippen molar-refractivity contribution in [1.29, 1.82) is 0 Å². The summed E-state index contributed by atoms with van der Waals surface area (Å²) >= 11 is 0. The van der Waals surface area contributed by atoms with Crippen LogP contribution in [0, 0.1) is 5.92 Å². The molecule has 1 aliphatic rings. The van der Waals surface area contributed by atoms with Crippen LogP contribution in [0.25, 0.3) is 34.1 Å². The van der Waals surface area contributed by atoms with Gasteiger partial charge in [0.2, 0.25) is 6.71 Å². The molecule has 0 aromatic heterocycles. The van der Waals surface area contributed by atoms with Crippen LogP contribution in [0.4, 0.5) is 0 Å². The third kappa shape index (κ3) is 3.41. The Morgan fingerprint density at radius 2 is 1.00 bits per heavy atom. The number of hydrogen-bond acceptors (Lipinski definition) is 0. The van der Waals surface area contributed by atoms with Gasteiger partial charge in [0.25, 0.3) is 0 Å². The molecule has 0 saturated carbocycles. The minimum atomic E-state index is 0.172. The summed E-state index contributed by atoms with van der Waals surface area (Å²) in [6, 6.07) is 41.7. The minimum Gasteiger partial charge on any atom is -0.0705 e. The first-order valence-corrected chi connectivity index (χ1v) is 11.7. The van der Waals surface area contributed by atoms with E-state index in [9.17, 15) is 0 Å². The number of hydrogen-bond donors (Lipinski definition) is 0. The molecule has 0 nitrogen and oxygen atoms in total. The summed E-state index contributed by atoms with van der Waals surface area (Å²) in [6.45, 7) is 2.47. The Balaban J connectivity index is 1.78. The van der Waals surface area contributed by atoms with Crippen LogP contribution in [0.2, 0.25) is 0 Å². The van der Waals surface area contributed by atoms with E-state index in [1.165, 1.54) is 48.7 Å². The Hall–Kier alpha value is -3.84. The molecule has 0 amide bonds. The second kappa shape index (κ2) is 8.26. The highest BCUT2D eigenvalue weighted by atomic mass is 14.2. The fourth-order valence-corrected chi connectivity index (χ4v) is 5.48. The van der Waals surface area contributed by atoms with Crippen LogP contribution in [0.1, 0.15) is 6.92 Å². The van der Waals surface area contributed by atoms with Gasteiger partial charge < -0.3 is 0 Å². The first-order chi connectivity index (χ1) is 16.3. The molecule has 156 valence electrons. The lowest BCUT2D eigenvalue weighted by Crippen LogP contribution is -2.60. The van der Waals surface area contributed by atoms with E-state index in [2.05, 4.69) is 134 Å². The van der Waals surface area contributed by atoms with Crippen LogP contribution >= 0.6 is 0 Å². The summed E-state index contributed by atoms with van der Waals surface area (Å²) in [5.41, 5.74) is 6.71. The summed E-state index contributed by atoms with van der Waals surface area (Å²) in [5.74, 6) is 0.408. The van der Waals surface area contributed by atoms with Gasteiger partial charge >= 0.3 is 0 Å². The van der Waals surface area contributed by atoms with Gasteiger partial charge in [0.05, 0.1) is 0 Å². The maximum atomic E-state index is 2.46. The molecule has 0 heterocycles. The molecule has 5 aromatic rings. The van der Waals surface area contributed by atoms with E-state index in [0.717, 1.165) is 0 Å². The Kier molecular flexibility index (Phi) is 4.96. The monoisotopic (exact) mass is 420 g/mol. The highest BCUT2D eigenvalue weighted by molar-refractivity contribution is 6.96. The van der Waals surface area contributed by atoms with Crippen LogP contribution in [0.15, 0.2) is 115 Å². The first-order valence-electron chi connectivity index (χ1n) is 11.7. The van der Waals surface area contributed by atoms with E-state index in [4.69, 9.17) is 0 Å². The maximum Gasteiger partial charge on any atom is 0.242 e. The summed E-state index contributed by atoms with van der Waals surface area (Å²) in [7, 11) is 0. The van der Waals surface area contributed by atoms with E-state index in [1.807, 2.05) is 0 Å². The molecule has 1 heteroatoms. The average Bonchev–Trinajstić information content (AvgIpc) is 3.26. The van der Waals surface area contributed by atoms with Crippen molar-refractivity contribution in [2.75, 3.05) is 0 Å². The smallest absolute Gasteiger partial charge is 0.0705 e. The molecule has 0 fully saturated rings. The molecule has 0 radical (unpaired) electrons. The second-order valence-electron chi connectivity index (χ2n) is 8.97. The van der Waals surface area contributed by atoms with E-state index >= 15 is 0 Å². The second-order valence-corrected chi connectivity index (χ2v) is 8.97. The van der Waals surface area contributed by atoms with Gasteiger partial charge in [0.1, 0.15) is 0 Å². The van der Waals surface area contributed by atoms with Gasteiger partial charge in [0.15, 0.2) is 0 Å². The Labute approximate surface area is 195 Å². The highest BCUT2D eigenvalue weighted by Gasteiger charge is 2.27. The van der Waals surface area contributed by atoms with Crippen LogP contribution in [0.3, 0.4) is 0 Å². The summed E-state index contributed by atoms with van der Waals surface area (Å²) < 4.78 is 0. The van der Waals surface area contributed by atoms with Gasteiger partial charge in [0, 0.05) is 0 Å². The Morgan fingerprint density at radius 1 is 0.515 bits per heavy atom. The quantitative estimate of drug-likeness (QED) is 0.382. The summed E-state index contributed by atoms with van der Waals surface area (Å²) in [4.78, 5) is 0. The van der Waals surface area contributed by atoms with Crippen molar-refractivity contribution >= 4 is 46.0 Å². The molecule has 1 unspecified atom stereocenters. The zero-order chi connectivity index (χ0) is 22.2. The van der Waals surface area contributed by atoms with E-state index in [-0.39, 0.29) is 6.71 Å². The Morgan fingerprint density at radius 3 is 1.61 bits per heavy atom. The maximum absolute atomic E-state index is 2.46. The van der Waals surface area contributed by atoms with Gasteiger partial charge in [-0.3, -0.25) is 0 Å². The van der Waals surface area contributed by atoms with Crippen molar-refractivity contribution in [3.05, 3.63) is 126 Å². The fraction of sp³-hybridized carbons (Fsp3) is 0.0625. The van der Waals surface area contributed by atoms with Gasteiger partial charge in [-0.2, -0.15) is 0 Å². The lowest BCUT2D eigenvalue weighted by molar-refractivity contribution is 1.08. The van der Waals surface area contributed by atoms with E-state index < -0.39 is 0 Å². The standard InChI is InChI=1S/C32H25B/c1-23-21-29-30(22-23)32(33(25-15-7-3-8-16-25)26-17-9-4-10-18-26)28-20-12-11-19-27(28)31(29)24-13-5-2-6-14-24/h2-23H,1H3. The predicted molar refractivity (Wildman–Crippen MR) is 144 cm³/mol. The van der Waals surface area contributed by atoms with Crippen LogP contribution < -0.4 is 26.8 Å². The van der Waals surface area contributed by atoms with Crippen molar-refractivity contribution < 1.29 is 0 Å². The topological polar surface area (TPSA) is 0 Å². The lowest BCUT2D eigenvalue weighted by atomic mass is 9.36. The zero-order valence-electron chi connectivity index (χ0n) is 18.8. The molecular formula is C32H25B. The molecule has 33 heavy (non-hydrogen) atoms. The van der Waals surface area contributed by atoms with Crippen LogP contribution in [-0.2, 0) is 0 Å². The normalized spacial score (nSPS) is 14.4. The van der Waals surface area contributed by atoms with Gasteiger partial charge in [-0.25, -0.2) is 0 Å². The van der Waals surface area contributed by atoms with Gasteiger partial charge in [-0.05, 0) is 38.3 Å². The number of benzene rings is 5. The fourth-order valence-electron chi connectivity index (χ4n) is 5.48. The lowest BCUT2D eigenvalue weighted by Gasteiger charge is -2.21. The molecule has 1 aliphatic carbocycles. The molecule has 0 aliphatic heterocycles. The largest absolute Gasteiger partial charge is 0.242 e. The molecular weight excluding hydrogens is 395 g/mol. The van der Waals surface area contributed by atoms with E-state index in [0.29, 0.717) is 5.92 Å². The minimum absolute atomic E-state index is 0.172. The molecule has 0 N–H and O–H groups in total. The molecule has 0 bridgehead atoms. The number of rotatable bonds is 4. The van der Waals surface area contributed by atoms with Crippen LogP contribution in [0.5, 0.6) is 0 Å². The van der Waals surface area contributed by atoms with Gasteiger partial charge in [-0.15, -0.1) is 0 Å². The summed E-state index contributed by atoms with van der Waals surface area (Å²) in [5, 5.41) is 5.43. The highest BCUT2D eigenvalue weighted by Crippen LogP contribution is 2.25. The van der Waals surface area contributed by atoms with Crippen molar-refractivity contribution in [3.63, 3.8) is 0 Å². The van der Waals surface area contributed by atoms with Crippen molar-refractivity contribution in [3.8, 4) is 11.1 Å². The van der Waals surface area contributed by atoms with Gasteiger partial charge in [-0.1, -0.05) is 151 Å². The van der Waals surface area contributed by atoms with Crippen molar-refractivity contribution in [1.82, 2.24) is 0 Å². The molecule has 6 rings (SSSR count). The molecule has 0 saturated heterocycles. The first kappa shape index (κ1) is 19.8. The third-order valence-corrected chi connectivity index (χ3v) is 6.81. The molecule has 5 aromatic carbocycles.